The minimum atomic E-state index is -0.981. The zero-order valence-electron chi connectivity index (χ0n) is 15.6. The van der Waals surface area contributed by atoms with Gasteiger partial charge < -0.3 is 9.84 Å². The molecule has 1 aromatic rings. The van der Waals surface area contributed by atoms with Crippen molar-refractivity contribution in [1.29, 1.82) is 0 Å². The maximum absolute atomic E-state index is 12.8. The number of aliphatic carboxylic acids is 1. The first-order chi connectivity index (χ1) is 12.4. The number of carbonyl (C=O) groups excluding carboxylic acids is 1. The van der Waals surface area contributed by atoms with Crippen molar-refractivity contribution in [1.82, 2.24) is 9.80 Å². The SMILES string of the molecule is CC(C)CC(=O)N1[C@@H](C(=O)O)COC12CCN(Cc1ccccc1)CC2. The van der Waals surface area contributed by atoms with Crippen LogP contribution in [0.2, 0.25) is 0 Å². The summed E-state index contributed by atoms with van der Waals surface area (Å²) in [5, 5.41) is 9.54. The van der Waals surface area contributed by atoms with Crippen molar-refractivity contribution in [2.24, 2.45) is 5.92 Å². The molecule has 1 amide bonds. The van der Waals surface area contributed by atoms with Crippen LogP contribution in [-0.2, 0) is 20.9 Å². The number of hydrogen-bond acceptors (Lipinski definition) is 4. The van der Waals surface area contributed by atoms with Gasteiger partial charge in [-0.3, -0.25) is 14.6 Å². The van der Waals surface area contributed by atoms with Crippen LogP contribution in [0.1, 0.15) is 38.7 Å². The fourth-order valence-electron chi connectivity index (χ4n) is 3.98. The molecule has 3 rings (SSSR count). The second-order valence-corrected chi connectivity index (χ2v) is 7.73. The van der Waals surface area contributed by atoms with E-state index in [4.69, 9.17) is 4.74 Å². The molecule has 1 aromatic carbocycles. The topological polar surface area (TPSA) is 70.1 Å². The number of hydrogen-bond donors (Lipinski definition) is 1. The van der Waals surface area contributed by atoms with Gasteiger partial charge in [-0.25, -0.2) is 4.79 Å². The summed E-state index contributed by atoms with van der Waals surface area (Å²) in [5.41, 5.74) is 0.495. The molecule has 0 aromatic heterocycles. The number of nitrogens with zero attached hydrogens (tertiary/aromatic N) is 2. The molecule has 0 aliphatic carbocycles. The molecule has 2 heterocycles. The molecule has 0 radical (unpaired) electrons. The van der Waals surface area contributed by atoms with E-state index in [0.717, 1.165) is 19.6 Å². The molecular formula is C20H28N2O4. The minimum Gasteiger partial charge on any atom is -0.480 e. The number of likely N-dealkylation sites (tertiary alicyclic amines) is 1. The van der Waals surface area contributed by atoms with Gasteiger partial charge in [-0.05, 0) is 11.5 Å². The van der Waals surface area contributed by atoms with E-state index >= 15 is 0 Å². The number of ether oxygens (including phenoxy) is 1. The Labute approximate surface area is 154 Å². The summed E-state index contributed by atoms with van der Waals surface area (Å²) in [6, 6.07) is 9.41. The Kier molecular flexibility index (Phi) is 5.63. The molecule has 2 aliphatic rings. The molecule has 1 N–H and O–H groups in total. The number of piperidine rings is 1. The zero-order chi connectivity index (χ0) is 18.7. The number of rotatable bonds is 5. The molecule has 1 spiro atoms. The van der Waals surface area contributed by atoms with Gasteiger partial charge in [0.1, 0.15) is 5.72 Å². The van der Waals surface area contributed by atoms with Crippen LogP contribution >= 0.6 is 0 Å². The molecule has 142 valence electrons. The van der Waals surface area contributed by atoms with E-state index in [0.29, 0.717) is 19.3 Å². The van der Waals surface area contributed by atoms with Crippen LogP contribution in [0.5, 0.6) is 0 Å². The molecular weight excluding hydrogens is 332 g/mol. The Morgan fingerprint density at radius 3 is 2.46 bits per heavy atom. The number of amides is 1. The van der Waals surface area contributed by atoms with Crippen molar-refractivity contribution >= 4 is 11.9 Å². The van der Waals surface area contributed by atoms with Gasteiger partial charge in [-0.15, -0.1) is 0 Å². The zero-order valence-corrected chi connectivity index (χ0v) is 15.6. The van der Waals surface area contributed by atoms with Crippen LogP contribution in [0.25, 0.3) is 0 Å². The molecule has 1 atom stereocenters. The Balaban J connectivity index is 1.70. The van der Waals surface area contributed by atoms with Crippen LogP contribution in [0.3, 0.4) is 0 Å². The standard InChI is InChI=1S/C20H28N2O4/c1-15(2)12-18(23)22-17(19(24)25)14-26-20(22)8-10-21(11-9-20)13-16-6-4-3-5-7-16/h3-7,15,17H,8-14H2,1-2H3,(H,24,25)/t17-/m1/s1. The second-order valence-electron chi connectivity index (χ2n) is 7.73. The third kappa shape index (κ3) is 3.91. The average Bonchev–Trinajstić information content (AvgIpc) is 2.97. The smallest absolute Gasteiger partial charge is 0.328 e. The fraction of sp³-hybridized carbons (Fsp3) is 0.600. The van der Waals surface area contributed by atoms with Crippen LogP contribution in [-0.4, -0.2) is 58.2 Å². The molecule has 2 saturated heterocycles. The van der Waals surface area contributed by atoms with E-state index < -0.39 is 17.7 Å². The number of carboxylic acid groups (broad SMARTS) is 1. The third-order valence-corrected chi connectivity index (χ3v) is 5.28. The van der Waals surface area contributed by atoms with Gasteiger partial charge in [0.15, 0.2) is 6.04 Å². The molecule has 26 heavy (non-hydrogen) atoms. The normalized spacial score (nSPS) is 22.9. The Hall–Kier alpha value is -1.92. The number of benzene rings is 1. The van der Waals surface area contributed by atoms with Gasteiger partial charge in [0.05, 0.1) is 6.61 Å². The summed E-state index contributed by atoms with van der Waals surface area (Å²) < 4.78 is 5.97. The monoisotopic (exact) mass is 360 g/mol. The summed E-state index contributed by atoms with van der Waals surface area (Å²) in [7, 11) is 0. The summed E-state index contributed by atoms with van der Waals surface area (Å²) in [6.45, 7) is 6.45. The molecule has 0 saturated carbocycles. The van der Waals surface area contributed by atoms with Crippen LogP contribution in [0, 0.1) is 5.92 Å². The minimum absolute atomic E-state index is 0.0812. The highest BCUT2D eigenvalue weighted by Crippen LogP contribution is 2.38. The highest BCUT2D eigenvalue weighted by molar-refractivity contribution is 5.85. The van der Waals surface area contributed by atoms with E-state index in [-0.39, 0.29) is 18.4 Å². The lowest BCUT2D eigenvalue weighted by molar-refractivity contribution is -0.166. The van der Waals surface area contributed by atoms with Crippen molar-refractivity contribution in [2.45, 2.75) is 51.4 Å². The molecule has 2 fully saturated rings. The first-order valence-corrected chi connectivity index (χ1v) is 9.36. The maximum atomic E-state index is 12.8. The van der Waals surface area contributed by atoms with Crippen molar-refractivity contribution < 1.29 is 19.4 Å². The van der Waals surface area contributed by atoms with E-state index in [1.165, 1.54) is 10.5 Å². The molecule has 0 bridgehead atoms. The predicted molar refractivity (Wildman–Crippen MR) is 97.4 cm³/mol. The highest BCUT2D eigenvalue weighted by atomic mass is 16.5. The lowest BCUT2D eigenvalue weighted by Gasteiger charge is -2.44. The lowest BCUT2D eigenvalue weighted by Crippen LogP contribution is -2.58. The maximum Gasteiger partial charge on any atom is 0.328 e. The number of carboxylic acids is 1. The van der Waals surface area contributed by atoms with Crippen molar-refractivity contribution in [3.8, 4) is 0 Å². The molecule has 6 heteroatoms. The average molecular weight is 360 g/mol. The van der Waals surface area contributed by atoms with Gasteiger partial charge in [-0.2, -0.15) is 0 Å². The number of carbonyl (C=O) groups is 2. The van der Waals surface area contributed by atoms with Crippen LogP contribution in [0.15, 0.2) is 30.3 Å². The fourth-order valence-corrected chi connectivity index (χ4v) is 3.98. The largest absolute Gasteiger partial charge is 0.480 e. The van der Waals surface area contributed by atoms with Gasteiger partial charge in [0.25, 0.3) is 0 Å². The summed E-state index contributed by atoms with van der Waals surface area (Å²) in [6.07, 6.45) is 1.64. The van der Waals surface area contributed by atoms with Crippen molar-refractivity contribution in [3.63, 3.8) is 0 Å². The van der Waals surface area contributed by atoms with Crippen molar-refractivity contribution in [2.75, 3.05) is 19.7 Å². The van der Waals surface area contributed by atoms with Crippen molar-refractivity contribution in [3.05, 3.63) is 35.9 Å². The van der Waals surface area contributed by atoms with Gasteiger partial charge in [0, 0.05) is 38.9 Å². The van der Waals surface area contributed by atoms with Gasteiger partial charge in [0.2, 0.25) is 5.91 Å². The van der Waals surface area contributed by atoms with Crippen LogP contribution < -0.4 is 0 Å². The van der Waals surface area contributed by atoms with E-state index in [1.54, 1.807) is 0 Å². The Morgan fingerprint density at radius 1 is 1.23 bits per heavy atom. The summed E-state index contributed by atoms with van der Waals surface area (Å²) in [5.74, 6) is -0.903. The highest BCUT2D eigenvalue weighted by Gasteiger charge is 2.53. The van der Waals surface area contributed by atoms with E-state index in [1.807, 2.05) is 32.0 Å². The predicted octanol–water partition coefficient (Wildman–Crippen LogP) is 2.34. The quantitative estimate of drug-likeness (QED) is 0.873. The second kappa shape index (κ2) is 7.76. The first kappa shape index (κ1) is 18.9. The van der Waals surface area contributed by atoms with Gasteiger partial charge >= 0.3 is 5.97 Å². The third-order valence-electron chi connectivity index (χ3n) is 5.28. The first-order valence-electron chi connectivity index (χ1n) is 9.36. The summed E-state index contributed by atoms with van der Waals surface area (Å²) in [4.78, 5) is 28.3. The van der Waals surface area contributed by atoms with Gasteiger partial charge in [-0.1, -0.05) is 44.2 Å². The van der Waals surface area contributed by atoms with E-state index in [2.05, 4.69) is 17.0 Å². The van der Waals surface area contributed by atoms with Crippen LogP contribution in [0.4, 0.5) is 0 Å². The lowest BCUT2D eigenvalue weighted by atomic mass is 9.96. The Morgan fingerprint density at radius 2 is 1.88 bits per heavy atom. The molecule has 6 nitrogen and oxygen atoms in total. The van der Waals surface area contributed by atoms with E-state index in [9.17, 15) is 14.7 Å². The molecule has 2 aliphatic heterocycles. The Bertz CT molecular complexity index is 638. The molecule has 0 unspecified atom stereocenters. The summed E-state index contributed by atoms with van der Waals surface area (Å²) >= 11 is 0.